The number of hydrogen-bond acceptors (Lipinski definition) is 6. The molecule has 1 saturated carbocycles. The molecule has 0 unspecified atom stereocenters. The lowest BCUT2D eigenvalue weighted by atomic mass is 9.79. The highest BCUT2D eigenvalue weighted by atomic mass is 35.5. The molecule has 0 aliphatic heterocycles. The summed E-state index contributed by atoms with van der Waals surface area (Å²) in [6.07, 6.45) is 4.27. The maximum absolute atomic E-state index is 12.9. The first kappa shape index (κ1) is 29.0. The van der Waals surface area contributed by atoms with Crippen LogP contribution in [0.5, 0.6) is 5.75 Å². The van der Waals surface area contributed by atoms with Crippen LogP contribution in [-0.4, -0.2) is 48.5 Å². The minimum atomic E-state index is -0.861. The monoisotopic (exact) mass is 525 g/mol. The minimum Gasteiger partial charge on any atom is -0.496 e. The molecule has 0 atom stereocenters. The second-order valence-corrected chi connectivity index (χ2v) is 10.1. The van der Waals surface area contributed by atoms with Crippen LogP contribution in [0.2, 0.25) is 5.02 Å². The molecule has 0 spiro atoms. The van der Waals surface area contributed by atoms with E-state index in [-0.39, 0.29) is 18.1 Å². The number of carbonyl (C=O) groups excluding carboxylic acids is 1. The maximum Gasteiger partial charge on any atom is 0.335 e. The summed E-state index contributed by atoms with van der Waals surface area (Å²) in [6.45, 7) is 9.27. The van der Waals surface area contributed by atoms with Gasteiger partial charge in [0.25, 0.3) is 5.91 Å². The van der Waals surface area contributed by atoms with Crippen molar-refractivity contribution >= 4 is 29.1 Å². The van der Waals surface area contributed by atoms with Gasteiger partial charge in [-0.25, -0.2) is 0 Å². The molecule has 1 fully saturated rings. The zero-order valence-corrected chi connectivity index (χ0v) is 22.7. The number of carbonyl (C=O) groups is 1. The van der Waals surface area contributed by atoms with Crippen LogP contribution in [0.3, 0.4) is 0 Å². The average Bonchev–Trinajstić information content (AvgIpc) is 3.16. The standard InChI is InChI=1S/C25H36ClN3O3.O2S/c1-6-29-23(19-8-7-18(13-16(2)3)14-20(19)32-5)21(26)22(28-29)24(30)27-15-25(31)11-9-17(4)10-12-25;1-3-2/h7-8,14,16-17,31H,6,9-13,15H2,1-5H3,(H,27,30);. The van der Waals surface area contributed by atoms with Crippen LogP contribution in [0.1, 0.15) is 69.4 Å². The average molecular weight is 526 g/mol. The Morgan fingerprint density at radius 1 is 1.34 bits per heavy atom. The van der Waals surface area contributed by atoms with Gasteiger partial charge in [-0.2, -0.15) is 13.5 Å². The molecule has 3 rings (SSSR count). The fourth-order valence-electron chi connectivity index (χ4n) is 4.41. The number of rotatable bonds is 8. The molecular weight excluding hydrogens is 490 g/mol. The molecule has 1 aromatic heterocycles. The second-order valence-electron chi connectivity index (χ2n) is 9.62. The van der Waals surface area contributed by atoms with Crippen LogP contribution in [-0.2, 0) is 24.5 Å². The molecule has 1 aliphatic rings. The van der Waals surface area contributed by atoms with Gasteiger partial charge in [0.2, 0.25) is 0 Å². The van der Waals surface area contributed by atoms with Gasteiger partial charge in [-0.05, 0) is 68.6 Å². The number of nitrogens with zero attached hydrogens (tertiary/aromatic N) is 2. The van der Waals surface area contributed by atoms with E-state index >= 15 is 0 Å². The molecule has 35 heavy (non-hydrogen) atoms. The van der Waals surface area contributed by atoms with Crippen molar-refractivity contribution in [3.05, 3.63) is 34.5 Å². The van der Waals surface area contributed by atoms with E-state index < -0.39 is 17.2 Å². The van der Waals surface area contributed by atoms with E-state index in [2.05, 4.69) is 37.3 Å². The molecule has 1 aromatic carbocycles. The Morgan fingerprint density at radius 2 is 1.97 bits per heavy atom. The number of aromatic nitrogens is 2. The Labute approximate surface area is 216 Å². The third-order valence-corrected chi connectivity index (χ3v) is 6.72. The van der Waals surface area contributed by atoms with Crippen molar-refractivity contribution in [2.75, 3.05) is 13.7 Å². The summed E-state index contributed by atoms with van der Waals surface area (Å²) in [4.78, 5) is 12.9. The van der Waals surface area contributed by atoms with Crippen molar-refractivity contribution in [3.63, 3.8) is 0 Å². The Hall–Kier alpha value is -2.23. The molecule has 2 aromatic rings. The molecule has 0 radical (unpaired) electrons. The lowest BCUT2D eigenvalue weighted by Gasteiger charge is -2.34. The second kappa shape index (κ2) is 13.2. The number of nitrogens with one attached hydrogen (secondary N) is 1. The first-order valence-electron chi connectivity index (χ1n) is 11.9. The Balaban J connectivity index is 0.00000137. The lowest BCUT2D eigenvalue weighted by molar-refractivity contribution is -0.00544. The smallest absolute Gasteiger partial charge is 0.335 e. The van der Waals surface area contributed by atoms with Crippen molar-refractivity contribution in [3.8, 4) is 17.0 Å². The van der Waals surface area contributed by atoms with E-state index in [1.165, 1.54) is 5.56 Å². The van der Waals surface area contributed by atoms with Crippen LogP contribution < -0.4 is 10.1 Å². The molecule has 194 valence electrons. The van der Waals surface area contributed by atoms with Crippen molar-refractivity contribution in [2.45, 2.75) is 71.9 Å². The molecule has 1 aliphatic carbocycles. The summed E-state index contributed by atoms with van der Waals surface area (Å²) in [5.74, 6) is 1.49. The van der Waals surface area contributed by atoms with Crippen molar-refractivity contribution < 1.29 is 23.1 Å². The summed E-state index contributed by atoms with van der Waals surface area (Å²) < 4.78 is 24.0. The summed E-state index contributed by atoms with van der Waals surface area (Å²) in [6, 6.07) is 6.08. The summed E-state index contributed by atoms with van der Waals surface area (Å²) in [5.41, 5.74) is 1.97. The maximum atomic E-state index is 12.9. The first-order valence-corrected chi connectivity index (χ1v) is 13.0. The number of aliphatic hydroxyl groups is 1. The van der Waals surface area contributed by atoms with E-state index in [1.54, 1.807) is 11.8 Å². The zero-order valence-electron chi connectivity index (χ0n) is 21.1. The van der Waals surface area contributed by atoms with Crippen LogP contribution in [0.4, 0.5) is 0 Å². The van der Waals surface area contributed by atoms with Crippen LogP contribution in [0.25, 0.3) is 11.3 Å². The van der Waals surface area contributed by atoms with Gasteiger partial charge in [0, 0.05) is 18.7 Å². The fourth-order valence-corrected chi connectivity index (χ4v) is 4.73. The highest BCUT2D eigenvalue weighted by Crippen LogP contribution is 2.38. The van der Waals surface area contributed by atoms with Crippen LogP contribution in [0, 0.1) is 11.8 Å². The Bertz CT molecular complexity index is 1040. The molecule has 1 heterocycles. The molecular formula is C25H36ClN3O5S. The third-order valence-electron chi connectivity index (χ3n) is 6.36. The van der Waals surface area contributed by atoms with Crippen molar-refractivity contribution in [2.24, 2.45) is 11.8 Å². The van der Waals surface area contributed by atoms with E-state index in [0.29, 0.717) is 47.7 Å². The summed E-state index contributed by atoms with van der Waals surface area (Å²) in [5, 5.41) is 18.4. The number of ether oxygens (including phenoxy) is 1. The minimum absolute atomic E-state index is 0.171. The zero-order chi connectivity index (χ0) is 26.2. The number of hydrogen-bond donors (Lipinski definition) is 2. The quantitative estimate of drug-likeness (QED) is 0.527. The van der Waals surface area contributed by atoms with Crippen LogP contribution in [0.15, 0.2) is 18.2 Å². The van der Waals surface area contributed by atoms with Gasteiger partial charge in [-0.1, -0.05) is 38.4 Å². The Morgan fingerprint density at radius 3 is 2.51 bits per heavy atom. The highest BCUT2D eigenvalue weighted by Gasteiger charge is 2.33. The molecule has 8 nitrogen and oxygen atoms in total. The van der Waals surface area contributed by atoms with Crippen LogP contribution >= 0.6 is 11.6 Å². The summed E-state index contributed by atoms with van der Waals surface area (Å²) >= 11 is 5.95. The van der Waals surface area contributed by atoms with E-state index in [1.807, 2.05) is 19.1 Å². The van der Waals surface area contributed by atoms with Gasteiger partial charge in [0.05, 0.1) is 23.4 Å². The van der Waals surface area contributed by atoms with E-state index in [0.717, 1.165) is 24.8 Å². The van der Waals surface area contributed by atoms with E-state index in [9.17, 15) is 9.90 Å². The van der Waals surface area contributed by atoms with Gasteiger partial charge in [0.1, 0.15) is 5.75 Å². The molecule has 0 saturated heterocycles. The molecule has 0 bridgehead atoms. The fraction of sp³-hybridized carbons (Fsp3) is 0.600. The number of methoxy groups -OCH3 is 1. The van der Waals surface area contributed by atoms with Gasteiger partial charge in [0.15, 0.2) is 5.69 Å². The van der Waals surface area contributed by atoms with Gasteiger partial charge in [-0.15, -0.1) is 0 Å². The Kier molecular flexibility index (Phi) is 10.9. The number of benzene rings is 1. The van der Waals surface area contributed by atoms with Gasteiger partial charge < -0.3 is 15.2 Å². The molecule has 10 heteroatoms. The summed E-state index contributed by atoms with van der Waals surface area (Å²) in [7, 11) is 1.64. The van der Waals surface area contributed by atoms with Gasteiger partial charge >= 0.3 is 11.6 Å². The van der Waals surface area contributed by atoms with Crippen molar-refractivity contribution in [1.82, 2.24) is 15.1 Å². The largest absolute Gasteiger partial charge is 0.496 e. The number of amides is 1. The molecule has 2 N–H and O–H groups in total. The SMILES string of the molecule is CCn1nc(C(=O)NCC2(O)CCC(C)CC2)c(Cl)c1-c1ccc(CC(C)C)cc1OC.O=S=O. The predicted octanol–water partition coefficient (Wildman–Crippen LogP) is 4.43. The molecule has 1 amide bonds. The van der Waals surface area contributed by atoms with Crippen molar-refractivity contribution in [1.29, 1.82) is 0 Å². The number of halogens is 1. The lowest BCUT2D eigenvalue weighted by Crippen LogP contribution is -2.45. The third kappa shape index (κ3) is 7.62. The highest BCUT2D eigenvalue weighted by molar-refractivity contribution is 7.51. The predicted molar refractivity (Wildman–Crippen MR) is 137 cm³/mol. The topological polar surface area (TPSA) is 111 Å². The normalized spacial score (nSPS) is 19.6. The first-order chi connectivity index (χ1) is 16.6. The van der Waals surface area contributed by atoms with E-state index in [4.69, 9.17) is 24.8 Å². The number of aryl methyl sites for hydroxylation is 1. The van der Waals surface area contributed by atoms with Gasteiger partial charge in [-0.3, -0.25) is 9.48 Å².